The summed E-state index contributed by atoms with van der Waals surface area (Å²) in [5, 5.41) is 0. The Morgan fingerprint density at radius 2 is 1.95 bits per heavy atom. The minimum absolute atomic E-state index is 0.274. The van der Waals surface area contributed by atoms with Gasteiger partial charge in [-0.25, -0.2) is 4.79 Å². The Bertz CT molecular complexity index is 441. The van der Waals surface area contributed by atoms with Gasteiger partial charge in [0.15, 0.2) is 0 Å². The van der Waals surface area contributed by atoms with Gasteiger partial charge in [0.05, 0.1) is 12.2 Å². The number of carbonyl (C=O) groups is 1. The quantitative estimate of drug-likeness (QED) is 0.426. The van der Waals surface area contributed by atoms with E-state index in [-0.39, 0.29) is 5.97 Å². The molecule has 0 aliphatic heterocycles. The summed E-state index contributed by atoms with van der Waals surface area (Å²) >= 11 is 0. The van der Waals surface area contributed by atoms with Crippen LogP contribution in [0.1, 0.15) is 52.4 Å². The first-order chi connectivity index (χ1) is 9.22. The minimum atomic E-state index is -0.274. The van der Waals surface area contributed by atoms with Crippen LogP contribution in [0.25, 0.3) is 0 Å². The van der Waals surface area contributed by atoms with E-state index in [1.165, 1.54) is 0 Å². The molecule has 0 aromatic rings. The van der Waals surface area contributed by atoms with Gasteiger partial charge in [0.25, 0.3) is 0 Å². The normalized spacial score (nSPS) is 19.7. The van der Waals surface area contributed by atoms with E-state index in [1.807, 2.05) is 13.0 Å². The zero-order valence-electron chi connectivity index (χ0n) is 11.8. The third-order valence-electron chi connectivity index (χ3n) is 3.49. The van der Waals surface area contributed by atoms with E-state index in [4.69, 9.17) is 9.47 Å². The molecule has 0 heterocycles. The maximum atomic E-state index is 12.1. The summed E-state index contributed by atoms with van der Waals surface area (Å²) in [7, 11) is 0. The molecule has 0 unspecified atom stereocenters. The topological polar surface area (TPSA) is 35.5 Å². The number of carbonyl (C=O) groups excluding carboxylic acids is 1. The number of esters is 1. The van der Waals surface area contributed by atoms with Crippen LogP contribution in [0.3, 0.4) is 0 Å². The summed E-state index contributed by atoms with van der Waals surface area (Å²) in [6.07, 6.45) is 10.3. The number of hydrogen-bond donors (Lipinski definition) is 0. The molecule has 0 atom stereocenters. The van der Waals surface area contributed by atoms with Gasteiger partial charge in [0, 0.05) is 6.42 Å². The highest BCUT2D eigenvalue weighted by Crippen LogP contribution is 2.29. The molecule has 0 amide bonds. The van der Waals surface area contributed by atoms with E-state index in [2.05, 4.69) is 6.08 Å². The fourth-order valence-corrected chi connectivity index (χ4v) is 2.49. The van der Waals surface area contributed by atoms with Gasteiger partial charge in [-0.2, -0.15) is 0 Å². The largest absolute Gasteiger partial charge is 0.493 e. The molecule has 19 heavy (non-hydrogen) atoms. The summed E-state index contributed by atoms with van der Waals surface area (Å²) in [6.45, 7) is 4.30. The molecule has 2 aliphatic rings. The first-order valence-corrected chi connectivity index (χ1v) is 7.16. The van der Waals surface area contributed by atoms with Gasteiger partial charge in [0.1, 0.15) is 11.5 Å². The van der Waals surface area contributed by atoms with Gasteiger partial charge >= 0.3 is 5.97 Å². The second-order valence-corrected chi connectivity index (χ2v) is 4.96. The summed E-state index contributed by atoms with van der Waals surface area (Å²) < 4.78 is 11.1. The smallest absolute Gasteiger partial charge is 0.342 e. The summed E-state index contributed by atoms with van der Waals surface area (Å²) in [5.74, 6) is 1.26. The van der Waals surface area contributed by atoms with E-state index < -0.39 is 0 Å². The highest BCUT2D eigenvalue weighted by atomic mass is 16.5. The lowest BCUT2D eigenvalue weighted by atomic mass is 10.1. The minimum Gasteiger partial charge on any atom is -0.493 e. The van der Waals surface area contributed by atoms with Crippen molar-refractivity contribution in [1.82, 2.24) is 0 Å². The highest BCUT2D eigenvalue weighted by molar-refractivity contribution is 5.90. The monoisotopic (exact) mass is 262 g/mol. The van der Waals surface area contributed by atoms with E-state index >= 15 is 0 Å². The maximum absolute atomic E-state index is 12.1. The molecule has 0 aromatic carbocycles. The van der Waals surface area contributed by atoms with Crippen molar-refractivity contribution >= 4 is 5.97 Å². The van der Waals surface area contributed by atoms with Crippen molar-refractivity contribution in [1.29, 1.82) is 0 Å². The predicted octanol–water partition coefficient (Wildman–Crippen LogP) is 4.02. The average Bonchev–Trinajstić information content (AvgIpc) is 3.07. The molecular weight excluding hydrogens is 240 g/mol. The van der Waals surface area contributed by atoms with Gasteiger partial charge < -0.3 is 9.47 Å². The van der Waals surface area contributed by atoms with Crippen molar-refractivity contribution < 1.29 is 14.3 Å². The molecule has 0 N–H and O–H groups in total. The van der Waals surface area contributed by atoms with Crippen molar-refractivity contribution in [3.05, 3.63) is 34.8 Å². The summed E-state index contributed by atoms with van der Waals surface area (Å²) in [5.41, 5.74) is 1.74. The van der Waals surface area contributed by atoms with Crippen molar-refractivity contribution in [2.24, 2.45) is 0 Å². The molecule has 0 bridgehead atoms. The first kappa shape index (κ1) is 13.9. The fraction of sp³-hybridized carbons (Fsp3) is 0.562. The SMILES string of the molecule is CCOC(C1=CCCC1)=C(C)C(=O)OC1=CCCC1. The molecule has 0 aromatic heterocycles. The summed E-state index contributed by atoms with van der Waals surface area (Å²) in [6, 6.07) is 0. The van der Waals surface area contributed by atoms with Crippen LogP contribution in [0.5, 0.6) is 0 Å². The van der Waals surface area contributed by atoms with Gasteiger partial charge in [-0.15, -0.1) is 0 Å². The van der Waals surface area contributed by atoms with Crippen LogP contribution in [0, 0.1) is 0 Å². The van der Waals surface area contributed by atoms with Crippen molar-refractivity contribution in [2.75, 3.05) is 6.61 Å². The zero-order chi connectivity index (χ0) is 13.7. The van der Waals surface area contributed by atoms with E-state index in [0.717, 1.165) is 55.6 Å². The molecular formula is C16H22O3. The van der Waals surface area contributed by atoms with Gasteiger partial charge in [-0.05, 0) is 57.6 Å². The molecule has 0 radical (unpaired) electrons. The Morgan fingerprint density at radius 3 is 2.53 bits per heavy atom. The van der Waals surface area contributed by atoms with Crippen LogP contribution in [0.2, 0.25) is 0 Å². The molecule has 3 nitrogen and oxygen atoms in total. The second kappa shape index (κ2) is 6.60. The lowest BCUT2D eigenvalue weighted by Crippen LogP contribution is -2.10. The van der Waals surface area contributed by atoms with Crippen LogP contribution >= 0.6 is 0 Å². The average molecular weight is 262 g/mol. The first-order valence-electron chi connectivity index (χ1n) is 7.16. The fourth-order valence-electron chi connectivity index (χ4n) is 2.49. The molecule has 0 saturated carbocycles. The Kier molecular flexibility index (Phi) is 4.83. The lowest BCUT2D eigenvalue weighted by Gasteiger charge is -2.14. The molecule has 104 valence electrons. The van der Waals surface area contributed by atoms with Gasteiger partial charge in [-0.1, -0.05) is 6.08 Å². The number of rotatable bonds is 5. The molecule has 3 heteroatoms. The number of ether oxygens (including phenoxy) is 2. The van der Waals surface area contributed by atoms with Crippen LogP contribution in [-0.2, 0) is 14.3 Å². The highest BCUT2D eigenvalue weighted by Gasteiger charge is 2.20. The molecule has 2 rings (SSSR count). The van der Waals surface area contributed by atoms with Crippen LogP contribution < -0.4 is 0 Å². The van der Waals surface area contributed by atoms with Crippen molar-refractivity contribution in [2.45, 2.75) is 52.4 Å². The van der Waals surface area contributed by atoms with E-state index in [1.54, 1.807) is 6.92 Å². The molecule has 0 fully saturated rings. The van der Waals surface area contributed by atoms with Crippen LogP contribution in [0.4, 0.5) is 0 Å². The number of allylic oxidation sites excluding steroid dienone is 4. The van der Waals surface area contributed by atoms with E-state index in [9.17, 15) is 4.79 Å². The predicted molar refractivity (Wildman–Crippen MR) is 74.3 cm³/mol. The molecule has 0 saturated heterocycles. The third-order valence-corrected chi connectivity index (χ3v) is 3.49. The standard InChI is InChI=1S/C16H22O3/c1-3-18-15(13-8-4-5-9-13)12(2)16(17)19-14-10-6-7-11-14/h8,10H,3-7,9,11H2,1-2H3. The second-order valence-electron chi connectivity index (χ2n) is 4.96. The van der Waals surface area contributed by atoms with Crippen LogP contribution in [0.15, 0.2) is 34.8 Å². The van der Waals surface area contributed by atoms with Crippen LogP contribution in [-0.4, -0.2) is 12.6 Å². The van der Waals surface area contributed by atoms with E-state index in [0.29, 0.717) is 12.2 Å². The lowest BCUT2D eigenvalue weighted by molar-refractivity contribution is -0.135. The van der Waals surface area contributed by atoms with Crippen molar-refractivity contribution in [3.63, 3.8) is 0 Å². The Labute approximate surface area is 115 Å². The van der Waals surface area contributed by atoms with Crippen molar-refractivity contribution in [3.8, 4) is 0 Å². The van der Waals surface area contributed by atoms with Gasteiger partial charge in [-0.3, -0.25) is 0 Å². The maximum Gasteiger partial charge on any atom is 0.342 e. The Hall–Kier alpha value is -1.51. The summed E-state index contributed by atoms with van der Waals surface area (Å²) in [4.78, 5) is 12.1. The molecule has 2 aliphatic carbocycles. The Balaban J connectivity index is 2.12. The zero-order valence-corrected chi connectivity index (χ0v) is 11.8. The number of hydrogen-bond acceptors (Lipinski definition) is 3. The Morgan fingerprint density at radius 1 is 1.21 bits per heavy atom. The third kappa shape index (κ3) is 3.49. The van der Waals surface area contributed by atoms with Gasteiger partial charge in [0.2, 0.25) is 0 Å². The molecule has 0 spiro atoms.